The normalized spacial score (nSPS) is 31.8. The third-order valence-electron chi connectivity index (χ3n) is 2.28. The van der Waals surface area contributed by atoms with Gasteiger partial charge in [-0.25, -0.2) is 0 Å². The third-order valence-corrected chi connectivity index (χ3v) is 2.59. The van der Waals surface area contributed by atoms with Crippen LogP contribution in [0, 0.1) is 5.92 Å². The molecule has 0 unspecified atom stereocenters. The lowest BCUT2D eigenvalue weighted by molar-refractivity contribution is -0.117. The molecule has 64 valence electrons. The molecule has 1 rings (SSSR count). The van der Waals surface area contributed by atoms with Crippen LogP contribution in [0.2, 0.25) is 0 Å². The van der Waals surface area contributed by atoms with Crippen molar-refractivity contribution in [3.8, 4) is 0 Å². The second-order valence-electron chi connectivity index (χ2n) is 3.03. The Morgan fingerprint density at radius 3 is 2.82 bits per heavy atom. The molecule has 1 fully saturated rings. The van der Waals surface area contributed by atoms with E-state index in [0.29, 0.717) is 0 Å². The fourth-order valence-electron chi connectivity index (χ4n) is 1.57. The van der Waals surface area contributed by atoms with Gasteiger partial charge >= 0.3 is 0 Å². The van der Waals surface area contributed by atoms with Gasteiger partial charge in [0.05, 0.1) is 6.10 Å². The maximum atomic E-state index is 10.8. The standard InChI is InChI=1S/C8H13ClO2/c1-11-7-4-2-3-6(5-7)8(9)10/h6-7H,2-5H2,1H3/t6-,7+/m1/s1. The van der Waals surface area contributed by atoms with Gasteiger partial charge in [-0.3, -0.25) is 4.79 Å². The maximum Gasteiger partial charge on any atom is 0.224 e. The summed E-state index contributed by atoms with van der Waals surface area (Å²) in [5.41, 5.74) is 0. The van der Waals surface area contributed by atoms with Crippen LogP contribution in [0.3, 0.4) is 0 Å². The van der Waals surface area contributed by atoms with E-state index in [1.165, 1.54) is 0 Å². The second kappa shape index (κ2) is 4.07. The summed E-state index contributed by atoms with van der Waals surface area (Å²) in [7, 11) is 1.69. The van der Waals surface area contributed by atoms with Crippen LogP contribution in [0.4, 0.5) is 0 Å². The van der Waals surface area contributed by atoms with Gasteiger partial charge in [0.1, 0.15) is 0 Å². The van der Waals surface area contributed by atoms with Gasteiger partial charge in [-0.15, -0.1) is 0 Å². The fourth-order valence-corrected chi connectivity index (χ4v) is 1.76. The minimum absolute atomic E-state index is 0.0374. The number of rotatable bonds is 2. The molecule has 0 N–H and O–H groups in total. The summed E-state index contributed by atoms with van der Waals surface area (Å²) >= 11 is 5.38. The lowest BCUT2D eigenvalue weighted by atomic mass is 9.88. The molecule has 0 aromatic rings. The van der Waals surface area contributed by atoms with Crippen molar-refractivity contribution in [2.75, 3.05) is 7.11 Å². The quantitative estimate of drug-likeness (QED) is 0.602. The largest absolute Gasteiger partial charge is 0.381 e. The molecule has 0 aliphatic heterocycles. The van der Waals surface area contributed by atoms with Crippen LogP contribution in [-0.2, 0) is 9.53 Å². The van der Waals surface area contributed by atoms with Crippen molar-refractivity contribution in [2.45, 2.75) is 31.8 Å². The van der Waals surface area contributed by atoms with Gasteiger partial charge in [-0.2, -0.15) is 0 Å². The van der Waals surface area contributed by atoms with Gasteiger partial charge < -0.3 is 4.74 Å². The number of carbonyl (C=O) groups is 1. The zero-order valence-corrected chi connectivity index (χ0v) is 7.43. The Morgan fingerprint density at radius 2 is 2.27 bits per heavy atom. The molecular weight excluding hydrogens is 164 g/mol. The Balaban J connectivity index is 2.39. The van der Waals surface area contributed by atoms with Crippen LogP contribution in [0.25, 0.3) is 0 Å². The predicted molar refractivity (Wildman–Crippen MR) is 43.6 cm³/mol. The molecule has 1 aliphatic carbocycles. The zero-order chi connectivity index (χ0) is 8.27. The number of halogens is 1. The molecule has 0 aromatic carbocycles. The van der Waals surface area contributed by atoms with E-state index in [2.05, 4.69) is 0 Å². The highest BCUT2D eigenvalue weighted by molar-refractivity contribution is 6.63. The minimum atomic E-state index is -0.202. The molecule has 2 atom stereocenters. The van der Waals surface area contributed by atoms with Gasteiger partial charge in [0.15, 0.2) is 0 Å². The van der Waals surface area contributed by atoms with Crippen molar-refractivity contribution < 1.29 is 9.53 Å². The van der Waals surface area contributed by atoms with E-state index in [4.69, 9.17) is 16.3 Å². The smallest absolute Gasteiger partial charge is 0.224 e. The number of hydrogen-bond acceptors (Lipinski definition) is 2. The van der Waals surface area contributed by atoms with E-state index in [0.717, 1.165) is 25.7 Å². The highest BCUT2D eigenvalue weighted by Crippen LogP contribution is 2.27. The van der Waals surface area contributed by atoms with Crippen LogP contribution in [0.1, 0.15) is 25.7 Å². The number of carbonyl (C=O) groups excluding carboxylic acids is 1. The monoisotopic (exact) mass is 176 g/mol. The van der Waals surface area contributed by atoms with Crippen LogP contribution in [0.15, 0.2) is 0 Å². The topological polar surface area (TPSA) is 26.3 Å². The van der Waals surface area contributed by atoms with Gasteiger partial charge in [0, 0.05) is 13.0 Å². The van der Waals surface area contributed by atoms with E-state index in [9.17, 15) is 4.79 Å². The highest BCUT2D eigenvalue weighted by Gasteiger charge is 2.25. The van der Waals surface area contributed by atoms with Crippen LogP contribution in [-0.4, -0.2) is 18.5 Å². The van der Waals surface area contributed by atoms with E-state index < -0.39 is 0 Å². The van der Waals surface area contributed by atoms with Gasteiger partial charge in [0.25, 0.3) is 0 Å². The Labute approximate surface area is 71.9 Å². The van der Waals surface area contributed by atoms with Gasteiger partial charge in [-0.05, 0) is 30.9 Å². The number of hydrogen-bond donors (Lipinski definition) is 0. The molecule has 0 heterocycles. The van der Waals surface area contributed by atoms with Crippen molar-refractivity contribution in [3.05, 3.63) is 0 Å². The first-order chi connectivity index (χ1) is 5.24. The molecule has 11 heavy (non-hydrogen) atoms. The molecule has 0 saturated heterocycles. The lowest BCUT2D eigenvalue weighted by Gasteiger charge is -2.25. The van der Waals surface area contributed by atoms with Crippen LogP contribution < -0.4 is 0 Å². The average molecular weight is 177 g/mol. The van der Waals surface area contributed by atoms with Gasteiger partial charge in [0.2, 0.25) is 5.24 Å². The van der Waals surface area contributed by atoms with Crippen molar-refractivity contribution >= 4 is 16.8 Å². The summed E-state index contributed by atoms with van der Waals surface area (Å²) in [4.78, 5) is 10.8. The van der Waals surface area contributed by atoms with Crippen LogP contribution >= 0.6 is 11.6 Å². The summed E-state index contributed by atoms with van der Waals surface area (Å²) in [5.74, 6) is 0.0374. The van der Waals surface area contributed by atoms with Crippen molar-refractivity contribution in [3.63, 3.8) is 0 Å². The summed E-state index contributed by atoms with van der Waals surface area (Å²) in [6.07, 6.45) is 4.11. The van der Waals surface area contributed by atoms with Crippen molar-refractivity contribution in [1.29, 1.82) is 0 Å². The number of ether oxygens (including phenoxy) is 1. The second-order valence-corrected chi connectivity index (χ2v) is 3.40. The summed E-state index contributed by atoms with van der Waals surface area (Å²) < 4.78 is 5.16. The third kappa shape index (κ3) is 2.46. The van der Waals surface area contributed by atoms with E-state index >= 15 is 0 Å². The van der Waals surface area contributed by atoms with Crippen molar-refractivity contribution in [1.82, 2.24) is 0 Å². The molecule has 2 nitrogen and oxygen atoms in total. The van der Waals surface area contributed by atoms with E-state index in [-0.39, 0.29) is 17.3 Å². The average Bonchev–Trinajstić information content (AvgIpc) is 2.05. The highest BCUT2D eigenvalue weighted by atomic mass is 35.5. The SMILES string of the molecule is CO[C@H]1CCC[C@@H](C(=O)Cl)C1. The van der Waals surface area contributed by atoms with E-state index in [1.54, 1.807) is 7.11 Å². The molecule has 0 aromatic heterocycles. The fraction of sp³-hybridized carbons (Fsp3) is 0.875. The molecule has 1 saturated carbocycles. The molecule has 0 radical (unpaired) electrons. The Bertz CT molecular complexity index is 147. The Kier molecular flexibility index (Phi) is 3.34. The zero-order valence-electron chi connectivity index (χ0n) is 6.68. The summed E-state index contributed by atoms with van der Waals surface area (Å²) in [5, 5.41) is -0.202. The maximum absolute atomic E-state index is 10.8. The minimum Gasteiger partial charge on any atom is -0.381 e. The first kappa shape index (κ1) is 9.01. The predicted octanol–water partition coefficient (Wildman–Crippen LogP) is 1.96. The lowest BCUT2D eigenvalue weighted by Crippen LogP contribution is -2.24. The molecule has 3 heteroatoms. The molecule has 1 aliphatic rings. The first-order valence-corrected chi connectivity index (χ1v) is 4.34. The van der Waals surface area contributed by atoms with Crippen molar-refractivity contribution in [2.24, 2.45) is 5.92 Å². The van der Waals surface area contributed by atoms with E-state index in [1.807, 2.05) is 0 Å². The molecule has 0 amide bonds. The molecular formula is C8H13ClO2. The molecule has 0 spiro atoms. The van der Waals surface area contributed by atoms with Crippen LogP contribution in [0.5, 0.6) is 0 Å². The van der Waals surface area contributed by atoms with Gasteiger partial charge in [-0.1, -0.05) is 6.42 Å². The Morgan fingerprint density at radius 1 is 1.55 bits per heavy atom. The first-order valence-electron chi connectivity index (χ1n) is 3.96. The molecule has 0 bridgehead atoms. The Hall–Kier alpha value is -0.0800. The number of methoxy groups -OCH3 is 1. The summed E-state index contributed by atoms with van der Waals surface area (Å²) in [6, 6.07) is 0. The summed E-state index contributed by atoms with van der Waals surface area (Å²) in [6.45, 7) is 0.